The molecule has 0 aromatic heterocycles. The second-order valence-corrected chi connectivity index (χ2v) is 4.22. The summed E-state index contributed by atoms with van der Waals surface area (Å²) in [7, 11) is 0. The molecule has 0 heterocycles. The van der Waals surface area contributed by atoms with Gasteiger partial charge in [0.25, 0.3) is 0 Å². The van der Waals surface area contributed by atoms with E-state index < -0.39 is 0 Å². The van der Waals surface area contributed by atoms with Crippen molar-refractivity contribution in [1.29, 1.82) is 0 Å². The number of ketones is 1. The summed E-state index contributed by atoms with van der Waals surface area (Å²) in [5, 5.41) is 9.50. The predicted molar refractivity (Wildman–Crippen MR) is 54.6 cm³/mol. The smallest absolute Gasteiger partial charge is 0.129 e. The summed E-state index contributed by atoms with van der Waals surface area (Å²) >= 11 is 0. The molecule has 1 N–H and O–H groups in total. The summed E-state index contributed by atoms with van der Waals surface area (Å²) in [6, 6.07) is 0. The van der Waals surface area contributed by atoms with Gasteiger partial charge in [-0.25, -0.2) is 0 Å². The van der Waals surface area contributed by atoms with E-state index in [1.807, 2.05) is 0 Å². The van der Waals surface area contributed by atoms with E-state index in [1.165, 1.54) is 0 Å². The molecule has 0 aliphatic heterocycles. The van der Waals surface area contributed by atoms with Crippen molar-refractivity contribution in [2.75, 3.05) is 0 Å². The van der Waals surface area contributed by atoms with E-state index in [0.717, 1.165) is 25.7 Å². The van der Waals surface area contributed by atoms with Crippen LogP contribution in [-0.2, 0) is 4.79 Å². The lowest BCUT2D eigenvalue weighted by atomic mass is 10.0. The Hall–Kier alpha value is -0.370. The van der Waals surface area contributed by atoms with Gasteiger partial charge in [-0.1, -0.05) is 13.8 Å². The molecule has 0 aromatic carbocycles. The molecule has 0 amide bonds. The first-order valence-electron chi connectivity index (χ1n) is 5.20. The van der Waals surface area contributed by atoms with Crippen LogP contribution in [0.2, 0.25) is 0 Å². The first kappa shape index (κ1) is 12.6. The Balaban J connectivity index is 3.29. The third kappa shape index (κ3) is 9.54. The van der Waals surface area contributed by atoms with Crippen molar-refractivity contribution in [2.45, 2.75) is 59.0 Å². The standard InChI is InChI=1S/C11H22O2/c1-9(2)7-8-11(13)6-4-5-10(3)12/h9,11,13H,4-8H2,1-3H3. The van der Waals surface area contributed by atoms with E-state index in [4.69, 9.17) is 0 Å². The van der Waals surface area contributed by atoms with E-state index in [1.54, 1.807) is 6.92 Å². The van der Waals surface area contributed by atoms with Gasteiger partial charge in [0, 0.05) is 6.42 Å². The van der Waals surface area contributed by atoms with Crippen molar-refractivity contribution in [2.24, 2.45) is 5.92 Å². The van der Waals surface area contributed by atoms with Crippen molar-refractivity contribution in [3.8, 4) is 0 Å². The highest BCUT2D eigenvalue weighted by Crippen LogP contribution is 2.11. The van der Waals surface area contributed by atoms with Gasteiger partial charge in [-0.2, -0.15) is 0 Å². The fraction of sp³-hybridized carbons (Fsp3) is 0.909. The molecule has 0 spiro atoms. The summed E-state index contributed by atoms with van der Waals surface area (Å²) in [4.78, 5) is 10.6. The van der Waals surface area contributed by atoms with Gasteiger partial charge in [-0.05, 0) is 38.5 Å². The molecular weight excluding hydrogens is 164 g/mol. The van der Waals surface area contributed by atoms with Gasteiger partial charge < -0.3 is 9.90 Å². The zero-order valence-corrected chi connectivity index (χ0v) is 9.05. The van der Waals surface area contributed by atoms with E-state index in [9.17, 15) is 9.90 Å². The van der Waals surface area contributed by atoms with E-state index in [-0.39, 0.29) is 11.9 Å². The lowest BCUT2D eigenvalue weighted by Crippen LogP contribution is -2.08. The van der Waals surface area contributed by atoms with Crippen LogP contribution in [-0.4, -0.2) is 17.0 Å². The van der Waals surface area contributed by atoms with Crippen molar-refractivity contribution in [1.82, 2.24) is 0 Å². The quantitative estimate of drug-likeness (QED) is 0.663. The van der Waals surface area contributed by atoms with Gasteiger partial charge in [0.1, 0.15) is 5.78 Å². The minimum atomic E-state index is -0.207. The first-order chi connectivity index (χ1) is 6.02. The van der Waals surface area contributed by atoms with Crippen LogP contribution in [0.1, 0.15) is 52.9 Å². The summed E-state index contributed by atoms with van der Waals surface area (Å²) in [6.45, 7) is 5.91. The summed E-state index contributed by atoms with van der Waals surface area (Å²) in [5.74, 6) is 0.874. The molecule has 0 rings (SSSR count). The Morgan fingerprint density at radius 1 is 1.23 bits per heavy atom. The van der Waals surface area contributed by atoms with Crippen LogP contribution in [0.25, 0.3) is 0 Å². The number of carbonyl (C=O) groups excluding carboxylic acids is 1. The first-order valence-corrected chi connectivity index (χ1v) is 5.20. The van der Waals surface area contributed by atoms with Gasteiger partial charge >= 0.3 is 0 Å². The maximum atomic E-state index is 10.6. The Bertz CT molecular complexity index is 141. The maximum absolute atomic E-state index is 10.6. The zero-order valence-electron chi connectivity index (χ0n) is 9.05. The second-order valence-electron chi connectivity index (χ2n) is 4.22. The van der Waals surface area contributed by atoms with E-state index in [2.05, 4.69) is 13.8 Å². The number of hydrogen-bond acceptors (Lipinski definition) is 2. The largest absolute Gasteiger partial charge is 0.393 e. The third-order valence-corrected chi connectivity index (χ3v) is 2.14. The molecule has 0 bridgehead atoms. The summed E-state index contributed by atoms with van der Waals surface area (Å²) < 4.78 is 0. The average molecular weight is 186 g/mol. The van der Waals surface area contributed by atoms with Crippen LogP contribution in [0, 0.1) is 5.92 Å². The molecule has 0 saturated carbocycles. The fourth-order valence-electron chi connectivity index (χ4n) is 1.26. The molecule has 13 heavy (non-hydrogen) atoms. The fourth-order valence-corrected chi connectivity index (χ4v) is 1.26. The normalized spacial score (nSPS) is 13.3. The van der Waals surface area contributed by atoms with Crippen LogP contribution in [0.5, 0.6) is 0 Å². The Morgan fingerprint density at radius 2 is 1.85 bits per heavy atom. The van der Waals surface area contributed by atoms with Crippen molar-refractivity contribution in [3.63, 3.8) is 0 Å². The molecule has 0 aromatic rings. The van der Waals surface area contributed by atoms with Gasteiger partial charge in [-0.15, -0.1) is 0 Å². The topological polar surface area (TPSA) is 37.3 Å². The third-order valence-electron chi connectivity index (χ3n) is 2.14. The summed E-state index contributed by atoms with van der Waals surface area (Å²) in [6.07, 6.45) is 3.94. The SMILES string of the molecule is CC(=O)CCCC(O)CCC(C)C. The molecule has 0 aliphatic carbocycles. The van der Waals surface area contributed by atoms with Crippen molar-refractivity contribution >= 4 is 5.78 Å². The number of rotatable bonds is 7. The van der Waals surface area contributed by atoms with Crippen LogP contribution < -0.4 is 0 Å². The molecule has 0 fully saturated rings. The average Bonchev–Trinajstić information content (AvgIpc) is 2.00. The van der Waals surface area contributed by atoms with E-state index in [0.29, 0.717) is 12.3 Å². The highest BCUT2D eigenvalue weighted by molar-refractivity contribution is 5.75. The number of aliphatic hydroxyl groups excluding tert-OH is 1. The summed E-state index contributed by atoms with van der Waals surface area (Å²) in [5.41, 5.74) is 0. The van der Waals surface area contributed by atoms with Gasteiger partial charge in [0.15, 0.2) is 0 Å². The molecule has 1 atom stereocenters. The van der Waals surface area contributed by atoms with Crippen LogP contribution in [0.15, 0.2) is 0 Å². The maximum Gasteiger partial charge on any atom is 0.129 e. The highest BCUT2D eigenvalue weighted by atomic mass is 16.3. The molecule has 2 nitrogen and oxygen atoms in total. The predicted octanol–water partition coefficient (Wildman–Crippen LogP) is 2.54. The molecule has 0 saturated heterocycles. The molecule has 0 aliphatic rings. The lowest BCUT2D eigenvalue weighted by molar-refractivity contribution is -0.117. The molecular formula is C11H22O2. The zero-order chi connectivity index (χ0) is 10.3. The van der Waals surface area contributed by atoms with Crippen molar-refractivity contribution in [3.05, 3.63) is 0 Å². The Labute approximate surface area is 81.3 Å². The second kappa shape index (κ2) is 7.07. The monoisotopic (exact) mass is 186 g/mol. The molecule has 1 unspecified atom stereocenters. The van der Waals surface area contributed by atoms with E-state index >= 15 is 0 Å². The lowest BCUT2D eigenvalue weighted by Gasteiger charge is -2.11. The van der Waals surface area contributed by atoms with Crippen LogP contribution in [0.3, 0.4) is 0 Å². The van der Waals surface area contributed by atoms with Crippen molar-refractivity contribution < 1.29 is 9.90 Å². The number of aliphatic hydroxyl groups is 1. The minimum Gasteiger partial charge on any atom is -0.393 e. The minimum absolute atomic E-state index is 0.207. The van der Waals surface area contributed by atoms with Crippen LogP contribution >= 0.6 is 0 Å². The van der Waals surface area contributed by atoms with Crippen LogP contribution in [0.4, 0.5) is 0 Å². The van der Waals surface area contributed by atoms with Gasteiger partial charge in [0.2, 0.25) is 0 Å². The highest BCUT2D eigenvalue weighted by Gasteiger charge is 2.05. The molecule has 0 radical (unpaired) electrons. The number of hydrogen-bond donors (Lipinski definition) is 1. The number of carbonyl (C=O) groups is 1. The number of Topliss-reactive ketones (excluding diaryl/α,β-unsaturated/α-hetero) is 1. The Kier molecular flexibility index (Phi) is 6.87. The molecule has 78 valence electrons. The Morgan fingerprint density at radius 3 is 2.31 bits per heavy atom. The molecule has 2 heteroatoms. The van der Waals surface area contributed by atoms with Gasteiger partial charge in [-0.3, -0.25) is 0 Å². The van der Waals surface area contributed by atoms with Gasteiger partial charge in [0.05, 0.1) is 6.10 Å².